The molecule has 0 saturated carbocycles. The van der Waals surface area contributed by atoms with Crippen LogP contribution in [0.4, 0.5) is 21.5 Å². The number of rotatable bonds is 5. The van der Waals surface area contributed by atoms with Crippen LogP contribution in [0.5, 0.6) is 0 Å². The number of benzene rings is 3. The Labute approximate surface area is 191 Å². The molecule has 1 fully saturated rings. The lowest BCUT2D eigenvalue weighted by molar-refractivity contribution is 0.101. The third kappa shape index (κ3) is 4.88. The number of carbonyl (C=O) groups is 2. The van der Waals surface area contributed by atoms with Gasteiger partial charge in [0, 0.05) is 23.5 Å². The van der Waals surface area contributed by atoms with Crippen molar-refractivity contribution in [2.75, 3.05) is 27.2 Å². The lowest BCUT2D eigenvalue weighted by Gasteiger charge is -2.17. The third-order valence-corrected chi connectivity index (χ3v) is 7.25. The molecule has 3 aromatic rings. The molecule has 0 aliphatic carbocycles. The molecule has 1 aliphatic heterocycles. The van der Waals surface area contributed by atoms with Gasteiger partial charge in [0.1, 0.15) is 5.82 Å². The maximum atomic E-state index is 13.9. The highest BCUT2D eigenvalue weighted by Crippen LogP contribution is 2.26. The second-order valence-corrected chi connectivity index (χ2v) is 9.72. The molecule has 1 saturated heterocycles. The molecule has 3 aromatic carbocycles. The van der Waals surface area contributed by atoms with Crippen LogP contribution >= 0.6 is 0 Å². The monoisotopic (exact) mass is 467 g/mol. The van der Waals surface area contributed by atoms with Gasteiger partial charge in [0.15, 0.2) is 0 Å². The van der Waals surface area contributed by atoms with Crippen LogP contribution < -0.4 is 14.9 Å². The largest absolute Gasteiger partial charge is 0.322 e. The summed E-state index contributed by atoms with van der Waals surface area (Å²) >= 11 is 0. The van der Waals surface area contributed by atoms with Gasteiger partial charge in [-0.2, -0.15) is 0 Å². The molecular weight excluding hydrogens is 445 g/mol. The third-order valence-electron chi connectivity index (χ3n) is 5.38. The topological polar surface area (TPSA) is 95.6 Å². The van der Waals surface area contributed by atoms with Crippen LogP contribution in [0.3, 0.4) is 0 Å². The first-order chi connectivity index (χ1) is 15.7. The van der Waals surface area contributed by atoms with Gasteiger partial charge in [0.2, 0.25) is 10.0 Å². The molecule has 7 nitrogen and oxygen atoms in total. The Morgan fingerprint density at radius 2 is 1.67 bits per heavy atom. The summed E-state index contributed by atoms with van der Waals surface area (Å²) in [5.74, 6) is -1.51. The van der Waals surface area contributed by atoms with Crippen LogP contribution in [-0.2, 0) is 10.0 Å². The molecule has 0 spiro atoms. The number of amides is 2. The van der Waals surface area contributed by atoms with Crippen LogP contribution in [0.2, 0.25) is 0 Å². The quantitative estimate of drug-likeness (QED) is 0.589. The minimum atomic E-state index is -3.27. The van der Waals surface area contributed by atoms with Gasteiger partial charge >= 0.3 is 0 Å². The number of carbonyl (C=O) groups excluding carboxylic acids is 2. The van der Waals surface area contributed by atoms with E-state index in [4.69, 9.17) is 0 Å². The summed E-state index contributed by atoms with van der Waals surface area (Å²) in [7, 11) is -3.27. The Hall–Kier alpha value is -3.72. The summed E-state index contributed by atoms with van der Waals surface area (Å²) < 4.78 is 39.4. The maximum Gasteiger partial charge on any atom is 0.258 e. The highest BCUT2D eigenvalue weighted by Gasteiger charge is 2.28. The molecule has 33 heavy (non-hydrogen) atoms. The molecule has 0 radical (unpaired) electrons. The number of hydrogen-bond donors (Lipinski definition) is 2. The van der Waals surface area contributed by atoms with Gasteiger partial charge in [-0.05, 0) is 67.4 Å². The number of nitrogens with one attached hydrogen (secondary N) is 2. The van der Waals surface area contributed by atoms with Crippen molar-refractivity contribution in [1.29, 1.82) is 0 Å². The van der Waals surface area contributed by atoms with E-state index in [1.165, 1.54) is 28.6 Å². The fraction of sp³-hybridized carbons (Fsp3) is 0.167. The highest BCUT2D eigenvalue weighted by atomic mass is 32.2. The van der Waals surface area contributed by atoms with Crippen molar-refractivity contribution in [2.24, 2.45) is 0 Å². The number of halogens is 1. The first kappa shape index (κ1) is 22.5. The van der Waals surface area contributed by atoms with E-state index >= 15 is 0 Å². The van der Waals surface area contributed by atoms with E-state index in [0.717, 1.165) is 0 Å². The number of hydrogen-bond acceptors (Lipinski definition) is 4. The van der Waals surface area contributed by atoms with E-state index in [9.17, 15) is 22.4 Å². The van der Waals surface area contributed by atoms with E-state index in [-0.39, 0.29) is 11.3 Å². The Morgan fingerprint density at radius 1 is 0.939 bits per heavy atom. The van der Waals surface area contributed by atoms with Crippen molar-refractivity contribution in [3.63, 3.8) is 0 Å². The van der Waals surface area contributed by atoms with Crippen LogP contribution in [-0.4, -0.2) is 32.5 Å². The second-order valence-electron chi connectivity index (χ2n) is 7.71. The molecular formula is C24H22FN3O4S. The summed E-state index contributed by atoms with van der Waals surface area (Å²) in [6.07, 6.45) is 0.587. The van der Waals surface area contributed by atoms with Gasteiger partial charge in [-0.25, -0.2) is 12.8 Å². The molecule has 2 N–H and O–H groups in total. The molecule has 170 valence electrons. The first-order valence-corrected chi connectivity index (χ1v) is 11.9. The molecule has 0 unspecified atom stereocenters. The Kier molecular flexibility index (Phi) is 6.15. The number of sulfonamides is 1. The number of anilines is 3. The summed E-state index contributed by atoms with van der Waals surface area (Å²) in [6.45, 7) is 2.21. The molecule has 4 rings (SSSR count). The normalized spacial score (nSPS) is 14.7. The SMILES string of the molecule is Cc1ccc(C(=O)Nc2ccc(N3CCCS3(=O)=O)cc2)cc1NC(=O)c1ccccc1F. The predicted molar refractivity (Wildman–Crippen MR) is 126 cm³/mol. The average Bonchev–Trinajstić information content (AvgIpc) is 3.15. The van der Waals surface area contributed by atoms with Gasteiger partial charge in [-0.3, -0.25) is 13.9 Å². The van der Waals surface area contributed by atoms with E-state index < -0.39 is 27.7 Å². The van der Waals surface area contributed by atoms with Gasteiger partial charge in [0.25, 0.3) is 11.8 Å². The average molecular weight is 468 g/mol. The van der Waals surface area contributed by atoms with Crippen LogP contribution in [0.1, 0.15) is 32.7 Å². The van der Waals surface area contributed by atoms with E-state index in [1.807, 2.05) is 0 Å². The molecule has 2 amide bonds. The van der Waals surface area contributed by atoms with Crippen molar-refractivity contribution in [3.8, 4) is 0 Å². The van der Waals surface area contributed by atoms with Crippen molar-refractivity contribution in [2.45, 2.75) is 13.3 Å². The summed E-state index contributed by atoms with van der Waals surface area (Å²) in [5.41, 5.74) is 2.37. The predicted octanol–water partition coefficient (Wildman–Crippen LogP) is 4.18. The minimum Gasteiger partial charge on any atom is -0.322 e. The fourth-order valence-corrected chi connectivity index (χ4v) is 5.14. The number of nitrogens with zero attached hydrogens (tertiary/aromatic N) is 1. The zero-order chi connectivity index (χ0) is 23.6. The maximum absolute atomic E-state index is 13.9. The molecule has 1 aliphatic rings. The summed E-state index contributed by atoms with van der Waals surface area (Å²) in [4.78, 5) is 25.2. The molecule has 1 heterocycles. The van der Waals surface area contributed by atoms with Crippen LogP contribution in [0, 0.1) is 12.7 Å². The van der Waals surface area contributed by atoms with E-state index in [0.29, 0.717) is 41.2 Å². The molecule has 0 atom stereocenters. The standard InChI is InChI=1S/C24H22FN3O4S/c1-16-7-8-17(15-22(16)27-24(30)20-5-2-3-6-21(20)25)23(29)26-18-9-11-19(12-10-18)28-13-4-14-33(28,31)32/h2-3,5-12,15H,4,13-14H2,1H3,(H,26,29)(H,27,30). The lowest BCUT2D eigenvalue weighted by atomic mass is 10.1. The van der Waals surface area contributed by atoms with Crippen molar-refractivity contribution >= 4 is 38.9 Å². The first-order valence-electron chi connectivity index (χ1n) is 10.3. The number of aryl methyl sites for hydroxylation is 1. The molecule has 0 bridgehead atoms. The van der Waals surface area contributed by atoms with E-state index in [2.05, 4.69) is 10.6 Å². The summed E-state index contributed by atoms with van der Waals surface area (Å²) in [6, 6.07) is 17.0. The highest BCUT2D eigenvalue weighted by molar-refractivity contribution is 7.93. The van der Waals surface area contributed by atoms with Crippen molar-refractivity contribution in [1.82, 2.24) is 0 Å². The van der Waals surface area contributed by atoms with E-state index in [1.54, 1.807) is 49.4 Å². The Morgan fingerprint density at radius 3 is 2.33 bits per heavy atom. The van der Waals surface area contributed by atoms with Gasteiger partial charge in [-0.15, -0.1) is 0 Å². The van der Waals surface area contributed by atoms with Gasteiger partial charge < -0.3 is 10.6 Å². The summed E-state index contributed by atoms with van der Waals surface area (Å²) in [5, 5.41) is 5.41. The van der Waals surface area contributed by atoms with Crippen molar-refractivity contribution in [3.05, 3.63) is 89.2 Å². The smallest absolute Gasteiger partial charge is 0.258 e. The second kappa shape index (κ2) is 9.03. The molecule has 0 aromatic heterocycles. The lowest BCUT2D eigenvalue weighted by Crippen LogP contribution is -2.25. The van der Waals surface area contributed by atoms with Crippen molar-refractivity contribution < 1.29 is 22.4 Å². The molecule has 9 heteroatoms. The minimum absolute atomic E-state index is 0.0909. The van der Waals surface area contributed by atoms with Crippen LogP contribution in [0.15, 0.2) is 66.7 Å². The van der Waals surface area contributed by atoms with Crippen LogP contribution in [0.25, 0.3) is 0 Å². The van der Waals surface area contributed by atoms with Gasteiger partial charge in [-0.1, -0.05) is 18.2 Å². The zero-order valence-electron chi connectivity index (χ0n) is 17.8. The Bertz CT molecular complexity index is 1320. The Balaban J connectivity index is 1.48. The zero-order valence-corrected chi connectivity index (χ0v) is 18.7. The fourth-order valence-electron chi connectivity index (χ4n) is 3.58. The van der Waals surface area contributed by atoms with Gasteiger partial charge in [0.05, 0.1) is 17.0 Å².